The third-order valence-corrected chi connectivity index (χ3v) is 5.31. The van der Waals surface area contributed by atoms with E-state index < -0.39 is 5.97 Å². The number of thiophene rings is 1. The van der Waals surface area contributed by atoms with Gasteiger partial charge in [-0.2, -0.15) is 0 Å². The maximum absolute atomic E-state index is 12.7. The van der Waals surface area contributed by atoms with Crippen molar-refractivity contribution in [2.75, 3.05) is 5.32 Å². The molecule has 136 valence electrons. The fourth-order valence-electron chi connectivity index (χ4n) is 2.33. The van der Waals surface area contributed by atoms with Gasteiger partial charge in [-0.05, 0) is 26.3 Å². The van der Waals surface area contributed by atoms with Crippen molar-refractivity contribution in [1.29, 1.82) is 0 Å². The van der Waals surface area contributed by atoms with Crippen molar-refractivity contribution in [2.24, 2.45) is 0 Å². The minimum absolute atomic E-state index is 0.192. The van der Waals surface area contributed by atoms with Crippen molar-refractivity contribution < 1.29 is 14.3 Å². The Balaban J connectivity index is 1.90. The van der Waals surface area contributed by atoms with E-state index in [0.29, 0.717) is 25.8 Å². The SMILES string of the molecule is Cc1c(C(=O)OC(C)C)sc2ncn(CC(=O)Nc3nccs3)c(=O)c12. The highest BCUT2D eigenvalue weighted by molar-refractivity contribution is 7.20. The molecule has 0 saturated heterocycles. The van der Waals surface area contributed by atoms with Crippen LogP contribution in [0.3, 0.4) is 0 Å². The second kappa shape index (κ2) is 7.34. The number of esters is 1. The van der Waals surface area contributed by atoms with Crippen LogP contribution in [-0.2, 0) is 16.1 Å². The van der Waals surface area contributed by atoms with Crippen LogP contribution in [0.25, 0.3) is 10.2 Å². The van der Waals surface area contributed by atoms with Gasteiger partial charge in [-0.15, -0.1) is 22.7 Å². The Morgan fingerprint density at radius 2 is 2.12 bits per heavy atom. The first-order valence-electron chi connectivity index (χ1n) is 7.75. The lowest BCUT2D eigenvalue weighted by Crippen LogP contribution is -2.27. The third kappa shape index (κ3) is 3.65. The zero-order chi connectivity index (χ0) is 18.8. The molecule has 3 heterocycles. The van der Waals surface area contributed by atoms with E-state index >= 15 is 0 Å². The van der Waals surface area contributed by atoms with Gasteiger partial charge in [-0.25, -0.2) is 14.8 Å². The maximum atomic E-state index is 12.7. The Hall–Kier alpha value is -2.59. The van der Waals surface area contributed by atoms with Gasteiger partial charge >= 0.3 is 5.97 Å². The van der Waals surface area contributed by atoms with Crippen LogP contribution in [0.2, 0.25) is 0 Å². The van der Waals surface area contributed by atoms with Gasteiger partial charge < -0.3 is 10.1 Å². The summed E-state index contributed by atoms with van der Waals surface area (Å²) >= 11 is 2.40. The molecule has 0 bridgehead atoms. The number of ether oxygens (including phenoxy) is 1. The summed E-state index contributed by atoms with van der Waals surface area (Å²) in [4.78, 5) is 46.0. The second-order valence-electron chi connectivity index (χ2n) is 5.75. The summed E-state index contributed by atoms with van der Waals surface area (Å²) in [5.74, 6) is -0.858. The molecule has 1 N–H and O–H groups in total. The Morgan fingerprint density at radius 1 is 1.35 bits per heavy atom. The number of amides is 1. The number of nitrogens with one attached hydrogen (secondary N) is 1. The number of nitrogens with zero attached hydrogens (tertiary/aromatic N) is 3. The molecule has 0 aliphatic heterocycles. The summed E-state index contributed by atoms with van der Waals surface area (Å²) in [6.07, 6.45) is 2.62. The number of hydrogen-bond acceptors (Lipinski definition) is 8. The van der Waals surface area contributed by atoms with Crippen molar-refractivity contribution in [2.45, 2.75) is 33.4 Å². The normalized spacial score (nSPS) is 11.1. The number of aromatic nitrogens is 3. The lowest BCUT2D eigenvalue weighted by Gasteiger charge is -2.06. The number of carbonyl (C=O) groups is 2. The van der Waals surface area contributed by atoms with E-state index in [4.69, 9.17) is 4.74 Å². The second-order valence-corrected chi connectivity index (χ2v) is 7.65. The summed E-state index contributed by atoms with van der Waals surface area (Å²) in [6, 6.07) is 0. The zero-order valence-corrected chi connectivity index (χ0v) is 15.9. The van der Waals surface area contributed by atoms with E-state index in [1.54, 1.807) is 32.3 Å². The smallest absolute Gasteiger partial charge is 0.348 e. The highest BCUT2D eigenvalue weighted by atomic mass is 32.1. The van der Waals surface area contributed by atoms with Gasteiger partial charge in [-0.1, -0.05) is 0 Å². The highest BCUT2D eigenvalue weighted by Crippen LogP contribution is 2.27. The molecule has 3 aromatic rings. The number of hydrogen-bond donors (Lipinski definition) is 1. The first kappa shape index (κ1) is 18.2. The van der Waals surface area contributed by atoms with Crippen molar-refractivity contribution in [3.05, 3.63) is 38.7 Å². The summed E-state index contributed by atoms with van der Waals surface area (Å²) in [7, 11) is 0. The van der Waals surface area contributed by atoms with Crippen molar-refractivity contribution in [3.63, 3.8) is 0 Å². The molecule has 26 heavy (non-hydrogen) atoms. The molecule has 0 aromatic carbocycles. The quantitative estimate of drug-likeness (QED) is 0.669. The lowest BCUT2D eigenvalue weighted by atomic mass is 10.2. The number of aryl methyl sites for hydroxylation is 1. The van der Waals surface area contributed by atoms with Gasteiger partial charge in [0.25, 0.3) is 5.56 Å². The van der Waals surface area contributed by atoms with E-state index in [9.17, 15) is 14.4 Å². The van der Waals surface area contributed by atoms with Gasteiger partial charge in [0.05, 0.1) is 17.8 Å². The Bertz CT molecular complexity index is 1020. The van der Waals surface area contributed by atoms with E-state index in [2.05, 4.69) is 15.3 Å². The van der Waals surface area contributed by atoms with Crippen LogP contribution >= 0.6 is 22.7 Å². The first-order chi connectivity index (χ1) is 12.4. The van der Waals surface area contributed by atoms with Crippen LogP contribution in [0.1, 0.15) is 29.1 Å². The minimum atomic E-state index is -0.479. The molecule has 0 atom stereocenters. The lowest BCUT2D eigenvalue weighted by molar-refractivity contribution is -0.116. The Labute approximate surface area is 156 Å². The van der Waals surface area contributed by atoms with Crippen molar-refractivity contribution >= 4 is 49.9 Å². The number of anilines is 1. The van der Waals surface area contributed by atoms with Crippen molar-refractivity contribution in [1.82, 2.24) is 14.5 Å². The Morgan fingerprint density at radius 3 is 2.77 bits per heavy atom. The number of carbonyl (C=O) groups excluding carboxylic acids is 2. The molecule has 10 heteroatoms. The van der Waals surface area contributed by atoms with Crippen LogP contribution in [0, 0.1) is 6.92 Å². The molecule has 0 radical (unpaired) electrons. The molecule has 0 fully saturated rings. The molecule has 0 saturated carbocycles. The summed E-state index contributed by atoms with van der Waals surface area (Å²) < 4.78 is 6.42. The zero-order valence-electron chi connectivity index (χ0n) is 14.3. The maximum Gasteiger partial charge on any atom is 0.348 e. The largest absolute Gasteiger partial charge is 0.459 e. The van der Waals surface area contributed by atoms with E-state index in [-0.39, 0.29) is 24.1 Å². The van der Waals surface area contributed by atoms with Gasteiger partial charge in [0.15, 0.2) is 5.13 Å². The van der Waals surface area contributed by atoms with Crippen LogP contribution in [0.5, 0.6) is 0 Å². The first-order valence-corrected chi connectivity index (χ1v) is 9.45. The molecular formula is C16H16N4O4S2. The number of thiazole rings is 1. The number of fused-ring (bicyclic) bond motifs is 1. The molecule has 3 rings (SSSR count). The fourth-order valence-corrected chi connectivity index (χ4v) is 3.90. The van der Waals surface area contributed by atoms with Crippen molar-refractivity contribution in [3.8, 4) is 0 Å². The predicted octanol–water partition coefficient (Wildman–Crippen LogP) is 2.43. The van der Waals surface area contributed by atoms with E-state index in [1.165, 1.54) is 22.2 Å². The van der Waals surface area contributed by atoms with Crippen LogP contribution in [-0.4, -0.2) is 32.5 Å². The summed E-state index contributed by atoms with van der Waals surface area (Å²) in [5.41, 5.74) is 0.143. The summed E-state index contributed by atoms with van der Waals surface area (Å²) in [6.45, 7) is 5.00. The molecule has 1 amide bonds. The third-order valence-electron chi connectivity index (χ3n) is 3.44. The molecule has 0 aliphatic carbocycles. The van der Waals surface area contributed by atoms with Crippen LogP contribution in [0.4, 0.5) is 5.13 Å². The van der Waals surface area contributed by atoms with E-state index in [1.807, 2.05) is 0 Å². The number of rotatable bonds is 5. The standard InChI is InChI=1S/C16H16N4O4S2/c1-8(2)24-15(23)12-9(3)11-13(26-12)18-7-20(14(11)22)6-10(21)19-16-17-4-5-25-16/h4-5,7-8H,6H2,1-3H3,(H,17,19,21). The molecule has 8 nitrogen and oxygen atoms in total. The molecule has 0 spiro atoms. The minimum Gasteiger partial charge on any atom is -0.459 e. The average Bonchev–Trinajstić information content (AvgIpc) is 3.17. The van der Waals surface area contributed by atoms with Gasteiger partial charge in [0, 0.05) is 11.6 Å². The fraction of sp³-hybridized carbons (Fsp3) is 0.312. The van der Waals surface area contributed by atoms with Gasteiger partial charge in [-0.3, -0.25) is 14.2 Å². The molecule has 0 unspecified atom stereocenters. The van der Waals surface area contributed by atoms with Crippen LogP contribution in [0.15, 0.2) is 22.7 Å². The van der Waals surface area contributed by atoms with Gasteiger partial charge in [0.1, 0.15) is 16.3 Å². The molecular weight excluding hydrogens is 376 g/mol. The molecule has 3 aromatic heterocycles. The Kier molecular flexibility index (Phi) is 5.14. The molecule has 0 aliphatic rings. The van der Waals surface area contributed by atoms with E-state index in [0.717, 1.165) is 11.3 Å². The predicted molar refractivity (Wildman–Crippen MR) is 99.9 cm³/mol. The topological polar surface area (TPSA) is 103 Å². The monoisotopic (exact) mass is 392 g/mol. The highest BCUT2D eigenvalue weighted by Gasteiger charge is 2.21. The van der Waals surface area contributed by atoms with Crippen LogP contribution < -0.4 is 10.9 Å². The van der Waals surface area contributed by atoms with Gasteiger partial charge in [0.2, 0.25) is 5.91 Å². The average molecular weight is 392 g/mol. The summed E-state index contributed by atoms with van der Waals surface area (Å²) in [5, 5.41) is 5.14.